The van der Waals surface area contributed by atoms with Crippen LogP contribution in [0.15, 0.2) is 48.5 Å². The molecule has 2 unspecified atom stereocenters. The van der Waals surface area contributed by atoms with E-state index in [0.717, 1.165) is 24.0 Å². The molecule has 34 heavy (non-hydrogen) atoms. The highest BCUT2D eigenvalue weighted by Gasteiger charge is 2.48. The van der Waals surface area contributed by atoms with Crippen LogP contribution in [-0.4, -0.2) is 53.7 Å². The number of carbonyl (C=O) groups is 3. The number of piperidine rings is 1. The van der Waals surface area contributed by atoms with E-state index in [1.54, 1.807) is 0 Å². The van der Waals surface area contributed by atoms with Crippen LogP contribution in [0.3, 0.4) is 0 Å². The molecule has 1 heterocycles. The molecule has 1 aliphatic heterocycles. The minimum absolute atomic E-state index is 0.00226. The zero-order valence-electron chi connectivity index (χ0n) is 19.3. The van der Waals surface area contributed by atoms with Gasteiger partial charge in [0.05, 0.1) is 0 Å². The first-order chi connectivity index (χ1) is 16.5. The van der Waals surface area contributed by atoms with E-state index < -0.39 is 18.1 Å². The van der Waals surface area contributed by atoms with Gasteiger partial charge in [-0.25, -0.2) is 9.59 Å². The lowest BCUT2D eigenvalue weighted by Crippen LogP contribution is -2.52. The fraction of sp³-hybridized carbons (Fsp3) is 0.444. The predicted octanol–water partition coefficient (Wildman–Crippen LogP) is 3.87. The van der Waals surface area contributed by atoms with Crippen LogP contribution >= 0.6 is 0 Å². The highest BCUT2D eigenvalue weighted by atomic mass is 16.5. The van der Waals surface area contributed by atoms with E-state index in [1.807, 2.05) is 31.2 Å². The summed E-state index contributed by atoms with van der Waals surface area (Å²) >= 11 is 0. The number of carboxylic acids is 1. The number of rotatable bonds is 6. The van der Waals surface area contributed by atoms with Crippen molar-refractivity contribution in [3.05, 3.63) is 59.7 Å². The fourth-order valence-corrected chi connectivity index (χ4v) is 5.66. The molecule has 2 aliphatic carbocycles. The molecule has 2 fully saturated rings. The van der Waals surface area contributed by atoms with Gasteiger partial charge >= 0.3 is 12.1 Å². The third-order valence-corrected chi connectivity index (χ3v) is 7.56. The number of amides is 2. The lowest BCUT2D eigenvalue weighted by atomic mass is 9.90. The zero-order valence-corrected chi connectivity index (χ0v) is 19.3. The van der Waals surface area contributed by atoms with Crippen molar-refractivity contribution in [2.75, 3.05) is 19.7 Å². The van der Waals surface area contributed by atoms with Crippen LogP contribution < -0.4 is 5.32 Å². The largest absolute Gasteiger partial charge is 0.480 e. The molecule has 4 atom stereocenters. The first kappa shape index (κ1) is 22.4. The van der Waals surface area contributed by atoms with Gasteiger partial charge in [0.15, 0.2) is 0 Å². The summed E-state index contributed by atoms with van der Waals surface area (Å²) < 4.78 is 5.57. The SMILES string of the molecule is CC1CCCN(C(=O)[C@@H]2C[C@@H]2CNC(=O)OCC2c3ccccc3-c3ccccc32)C1C(=O)O. The smallest absolute Gasteiger partial charge is 0.407 e. The van der Waals surface area contributed by atoms with Gasteiger partial charge in [0.1, 0.15) is 12.6 Å². The Morgan fingerprint density at radius 3 is 2.35 bits per heavy atom. The summed E-state index contributed by atoms with van der Waals surface area (Å²) in [7, 11) is 0. The summed E-state index contributed by atoms with van der Waals surface area (Å²) in [6, 6.07) is 15.6. The van der Waals surface area contributed by atoms with Gasteiger partial charge in [-0.2, -0.15) is 0 Å². The third kappa shape index (κ3) is 4.15. The van der Waals surface area contributed by atoms with Crippen LogP contribution in [0.2, 0.25) is 0 Å². The first-order valence-electron chi connectivity index (χ1n) is 12.1. The summed E-state index contributed by atoms with van der Waals surface area (Å²) in [5.41, 5.74) is 4.68. The number of hydrogen-bond donors (Lipinski definition) is 2. The van der Waals surface area contributed by atoms with Crippen molar-refractivity contribution in [2.24, 2.45) is 17.8 Å². The zero-order chi connectivity index (χ0) is 23.8. The van der Waals surface area contributed by atoms with E-state index in [0.29, 0.717) is 19.5 Å². The molecule has 0 spiro atoms. The maximum atomic E-state index is 12.9. The number of carbonyl (C=O) groups excluding carboxylic acids is 2. The van der Waals surface area contributed by atoms with Gasteiger partial charge in [-0.05, 0) is 53.4 Å². The lowest BCUT2D eigenvalue weighted by molar-refractivity contribution is -0.155. The van der Waals surface area contributed by atoms with Crippen LogP contribution in [0.1, 0.15) is 43.2 Å². The maximum Gasteiger partial charge on any atom is 0.407 e. The number of carboxylic acid groups (broad SMARTS) is 1. The number of hydrogen-bond acceptors (Lipinski definition) is 4. The van der Waals surface area contributed by atoms with E-state index in [-0.39, 0.29) is 36.2 Å². The van der Waals surface area contributed by atoms with Gasteiger partial charge in [0.25, 0.3) is 0 Å². The lowest BCUT2D eigenvalue weighted by Gasteiger charge is -2.37. The monoisotopic (exact) mass is 462 g/mol. The van der Waals surface area contributed by atoms with E-state index in [4.69, 9.17) is 4.74 Å². The standard InChI is InChI=1S/C27H30N2O5/c1-16-7-6-12-29(24(16)26(31)32)25(30)22-13-17(22)14-28-27(33)34-15-23-20-10-4-2-8-18(20)19-9-3-5-11-21(19)23/h2-5,8-11,16-17,22-24H,6-7,12-15H2,1H3,(H,28,33)(H,31,32)/t16?,17-,22-,24?/m1/s1. The Bertz CT molecular complexity index is 1070. The molecule has 7 nitrogen and oxygen atoms in total. The Kier molecular flexibility index (Phi) is 6.02. The van der Waals surface area contributed by atoms with Crippen LogP contribution in [-0.2, 0) is 14.3 Å². The van der Waals surface area contributed by atoms with Gasteiger partial charge in [-0.1, -0.05) is 55.5 Å². The Labute approximate surface area is 199 Å². The number of nitrogens with zero attached hydrogens (tertiary/aromatic N) is 1. The minimum atomic E-state index is -0.936. The highest BCUT2D eigenvalue weighted by molar-refractivity contribution is 5.87. The summed E-state index contributed by atoms with van der Waals surface area (Å²) in [6.45, 7) is 2.98. The average molecular weight is 463 g/mol. The van der Waals surface area contributed by atoms with Crippen molar-refractivity contribution in [1.82, 2.24) is 10.2 Å². The minimum Gasteiger partial charge on any atom is -0.480 e. The van der Waals surface area contributed by atoms with Crippen molar-refractivity contribution in [3.63, 3.8) is 0 Å². The van der Waals surface area contributed by atoms with Crippen molar-refractivity contribution in [1.29, 1.82) is 0 Å². The molecule has 2 aromatic rings. The van der Waals surface area contributed by atoms with Gasteiger partial charge < -0.3 is 20.1 Å². The molecule has 2 N–H and O–H groups in total. The molecule has 0 radical (unpaired) electrons. The van der Waals surface area contributed by atoms with Crippen molar-refractivity contribution in [2.45, 2.75) is 38.1 Å². The van der Waals surface area contributed by atoms with Crippen LogP contribution in [0.4, 0.5) is 4.79 Å². The summed E-state index contributed by atoms with van der Waals surface area (Å²) in [4.78, 5) is 38.6. The molecule has 2 amide bonds. The first-order valence-corrected chi connectivity index (χ1v) is 12.1. The number of aliphatic carboxylic acids is 1. The fourth-order valence-electron chi connectivity index (χ4n) is 5.66. The molecule has 3 aliphatic rings. The summed E-state index contributed by atoms with van der Waals surface area (Å²) in [6.07, 6.45) is 1.82. The number of alkyl carbamates (subject to hydrolysis) is 1. The van der Waals surface area contributed by atoms with Gasteiger partial charge in [-0.15, -0.1) is 0 Å². The number of benzene rings is 2. The molecule has 2 aromatic carbocycles. The van der Waals surface area contributed by atoms with E-state index in [2.05, 4.69) is 29.6 Å². The summed E-state index contributed by atoms with van der Waals surface area (Å²) in [5.74, 6) is -1.28. The summed E-state index contributed by atoms with van der Waals surface area (Å²) in [5, 5.41) is 12.4. The predicted molar refractivity (Wildman–Crippen MR) is 126 cm³/mol. The van der Waals surface area contributed by atoms with Crippen molar-refractivity contribution in [3.8, 4) is 11.1 Å². The Hall–Kier alpha value is -3.35. The van der Waals surface area contributed by atoms with E-state index in [9.17, 15) is 19.5 Å². The molecule has 1 saturated heterocycles. The Morgan fingerprint density at radius 1 is 1.06 bits per heavy atom. The Balaban J connectivity index is 1.13. The Morgan fingerprint density at radius 2 is 1.71 bits per heavy atom. The number of ether oxygens (including phenoxy) is 1. The average Bonchev–Trinajstić information content (AvgIpc) is 3.55. The number of nitrogens with one attached hydrogen (secondary N) is 1. The molecule has 5 rings (SSSR count). The second-order valence-electron chi connectivity index (χ2n) is 9.74. The van der Waals surface area contributed by atoms with Crippen LogP contribution in [0, 0.1) is 17.8 Å². The van der Waals surface area contributed by atoms with Crippen LogP contribution in [0.5, 0.6) is 0 Å². The normalized spacial score (nSPS) is 25.3. The second-order valence-corrected chi connectivity index (χ2v) is 9.74. The van der Waals surface area contributed by atoms with E-state index >= 15 is 0 Å². The molecular weight excluding hydrogens is 432 g/mol. The topological polar surface area (TPSA) is 95.9 Å². The molecule has 7 heteroatoms. The second kappa shape index (κ2) is 9.12. The highest BCUT2D eigenvalue weighted by Crippen LogP contribution is 2.44. The van der Waals surface area contributed by atoms with Gasteiger partial charge in [0.2, 0.25) is 5.91 Å². The molecule has 0 bridgehead atoms. The molecule has 1 saturated carbocycles. The van der Waals surface area contributed by atoms with Crippen LogP contribution in [0.25, 0.3) is 11.1 Å². The number of fused-ring (bicyclic) bond motifs is 3. The van der Waals surface area contributed by atoms with Crippen molar-refractivity contribution >= 4 is 18.0 Å². The number of likely N-dealkylation sites (tertiary alicyclic amines) is 1. The van der Waals surface area contributed by atoms with Gasteiger partial charge in [-0.3, -0.25) is 4.79 Å². The molecule has 178 valence electrons. The van der Waals surface area contributed by atoms with Crippen molar-refractivity contribution < 1.29 is 24.2 Å². The third-order valence-electron chi connectivity index (χ3n) is 7.56. The van der Waals surface area contributed by atoms with Gasteiger partial charge in [0, 0.05) is 24.9 Å². The maximum absolute atomic E-state index is 12.9. The molecule has 0 aromatic heterocycles. The van der Waals surface area contributed by atoms with E-state index in [1.165, 1.54) is 16.0 Å². The quantitative estimate of drug-likeness (QED) is 0.679. The molecular formula is C27H30N2O5.